The van der Waals surface area contributed by atoms with Crippen LogP contribution in [-0.2, 0) is 9.59 Å². The van der Waals surface area contributed by atoms with Crippen molar-refractivity contribution < 1.29 is 24.9 Å². The molecule has 110 valence electrons. The highest BCUT2D eigenvalue weighted by Crippen LogP contribution is 2.33. The van der Waals surface area contributed by atoms with Gasteiger partial charge in [0.15, 0.2) is 0 Å². The van der Waals surface area contributed by atoms with Crippen LogP contribution in [0.15, 0.2) is 12.2 Å². The second-order valence-electron chi connectivity index (χ2n) is 4.53. The Morgan fingerprint density at radius 1 is 1.32 bits per heavy atom. The van der Waals surface area contributed by atoms with E-state index in [4.69, 9.17) is 15.3 Å². The van der Waals surface area contributed by atoms with Gasteiger partial charge in [0.05, 0.1) is 13.2 Å². The fraction of sp³-hybridized carbons (Fsp3) is 0.714. The highest BCUT2D eigenvalue weighted by molar-refractivity contribution is 5.84. The lowest BCUT2D eigenvalue weighted by atomic mass is 9.89. The molecule has 0 aromatic carbocycles. The monoisotopic (exact) mass is 272 g/mol. The van der Waals surface area contributed by atoms with E-state index >= 15 is 0 Å². The van der Waals surface area contributed by atoms with Crippen molar-refractivity contribution in [3.8, 4) is 0 Å². The number of carboxylic acids is 1. The van der Waals surface area contributed by atoms with Crippen LogP contribution < -0.4 is 0 Å². The van der Waals surface area contributed by atoms with Crippen molar-refractivity contribution in [2.45, 2.75) is 39.0 Å². The number of hydrogen-bond donors (Lipinski definition) is 3. The SMILES string of the molecule is CC/C=C\CC1C(=O)CCC1CC(=O)O.OCCO. The molecule has 5 nitrogen and oxygen atoms in total. The Bertz CT molecular complexity index is 296. The fourth-order valence-corrected chi connectivity index (χ4v) is 2.18. The zero-order valence-electron chi connectivity index (χ0n) is 11.4. The summed E-state index contributed by atoms with van der Waals surface area (Å²) >= 11 is 0. The number of carbonyl (C=O) groups is 2. The molecule has 0 saturated heterocycles. The maximum atomic E-state index is 11.5. The summed E-state index contributed by atoms with van der Waals surface area (Å²) in [6.07, 6.45) is 7.15. The summed E-state index contributed by atoms with van der Waals surface area (Å²) in [6, 6.07) is 0. The highest BCUT2D eigenvalue weighted by Gasteiger charge is 2.34. The molecule has 0 aromatic heterocycles. The molecule has 1 aliphatic carbocycles. The molecule has 19 heavy (non-hydrogen) atoms. The van der Waals surface area contributed by atoms with E-state index < -0.39 is 5.97 Å². The molecule has 3 N–H and O–H groups in total. The van der Waals surface area contributed by atoms with Crippen LogP contribution >= 0.6 is 0 Å². The summed E-state index contributed by atoms with van der Waals surface area (Å²) in [7, 11) is 0. The first kappa shape index (κ1) is 17.8. The number of rotatable bonds is 6. The summed E-state index contributed by atoms with van der Waals surface area (Å²) in [5.74, 6) is -0.554. The van der Waals surface area contributed by atoms with Gasteiger partial charge in [-0.3, -0.25) is 9.59 Å². The summed E-state index contributed by atoms with van der Waals surface area (Å²) < 4.78 is 0. The first-order valence-electron chi connectivity index (χ1n) is 6.68. The zero-order chi connectivity index (χ0) is 14.7. The molecule has 2 unspecified atom stereocenters. The van der Waals surface area contributed by atoms with Crippen LogP contribution in [0.25, 0.3) is 0 Å². The minimum Gasteiger partial charge on any atom is -0.481 e. The van der Waals surface area contributed by atoms with Crippen molar-refractivity contribution >= 4 is 11.8 Å². The lowest BCUT2D eigenvalue weighted by Crippen LogP contribution is -2.17. The van der Waals surface area contributed by atoms with Crippen LogP contribution in [0.1, 0.15) is 39.0 Å². The van der Waals surface area contributed by atoms with Gasteiger partial charge in [0.2, 0.25) is 0 Å². The third kappa shape index (κ3) is 7.74. The number of allylic oxidation sites excluding steroid dienone is 2. The Hall–Kier alpha value is -1.20. The Balaban J connectivity index is 0.000000711. The lowest BCUT2D eigenvalue weighted by Gasteiger charge is -2.14. The summed E-state index contributed by atoms with van der Waals surface area (Å²) in [6.45, 7) is 1.79. The van der Waals surface area contributed by atoms with Crippen molar-refractivity contribution in [1.29, 1.82) is 0 Å². The largest absolute Gasteiger partial charge is 0.481 e. The molecule has 1 fully saturated rings. The number of carbonyl (C=O) groups excluding carboxylic acids is 1. The Morgan fingerprint density at radius 2 is 1.95 bits per heavy atom. The minimum atomic E-state index is -0.792. The fourth-order valence-electron chi connectivity index (χ4n) is 2.18. The Labute approximate surface area is 113 Å². The van der Waals surface area contributed by atoms with Crippen molar-refractivity contribution in [2.24, 2.45) is 11.8 Å². The molecule has 1 rings (SSSR count). The molecule has 0 radical (unpaired) electrons. The number of aliphatic hydroxyl groups excluding tert-OH is 2. The zero-order valence-corrected chi connectivity index (χ0v) is 11.4. The average molecular weight is 272 g/mol. The Kier molecular flexibility index (Phi) is 10.0. The van der Waals surface area contributed by atoms with Crippen LogP contribution in [0.4, 0.5) is 0 Å². The molecule has 5 heteroatoms. The maximum Gasteiger partial charge on any atom is 0.303 e. The van der Waals surface area contributed by atoms with E-state index in [0.29, 0.717) is 12.8 Å². The summed E-state index contributed by atoms with van der Waals surface area (Å²) in [4.78, 5) is 22.1. The summed E-state index contributed by atoms with van der Waals surface area (Å²) in [5, 5.41) is 24.0. The van der Waals surface area contributed by atoms with Crippen molar-refractivity contribution in [3.05, 3.63) is 12.2 Å². The van der Waals surface area contributed by atoms with Crippen molar-refractivity contribution in [2.75, 3.05) is 13.2 Å². The quantitative estimate of drug-likeness (QED) is 0.635. The molecule has 0 heterocycles. The molecular weight excluding hydrogens is 248 g/mol. The van der Waals surface area contributed by atoms with Gasteiger partial charge in [0.1, 0.15) is 5.78 Å². The molecule has 0 aliphatic heterocycles. The van der Waals surface area contributed by atoms with Crippen LogP contribution in [0.2, 0.25) is 0 Å². The number of hydrogen-bond acceptors (Lipinski definition) is 4. The van der Waals surface area contributed by atoms with Gasteiger partial charge in [0, 0.05) is 18.8 Å². The van der Waals surface area contributed by atoms with Gasteiger partial charge < -0.3 is 15.3 Å². The number of carboxylic acid groups (broad SMARTS) is 1. The van der Waals surface area contributed by atoms with Gasteiger partial charge in [-0.25, -0.2) is 0 Å². The highest BCUT2D eigenvalue weighted by atomic mass is 16.4. The number of Topliss-reactive ketones (excluding diaryl/α,β-unsaturated/α-hetero) is 1. The van der Waals surface area contributed by atoms with E-state index in [2.05, 4.69) is 0 Å². The van der Waals surface area contributed by atoms with Gasteiger partial charge in [-0.2, -0.15) is 0 Å². The molecule has 0 bridgehead atoms. The molecule has 1 aliphatic rings. The third-order valence-corrected chi connectivity index (χ3v) is 3.07. The van der Waals surface area contributed by atoms with E-state index in [-0.39, 0.29) is 37.3 Å². The third-order valence-electron chi connectivity index (χ3n) is 3.07. The van der Waals surface area contributed by atoms with Gasteiger partial charge in [-0.05, 0) is 25.2 Å². The number of aliphatic hydroxyl groups is 2. The number of ketones is 1. The van der Waals surface area contributed by atoms with E-state index in [0.717, 1.165) is 12.8 Å². The van der Waals surface area contributed by atoms with Crippen LogP contribution in [0, 0.1) is 11.8 Å². The van der Waals surface area contributed by atoms with Crippen LogP contribution in [-0.4, -0.2) is 40.3 Å². The molecule has 0 amide bonds. The van der Waals surface area contributed by atoms with Gasteiger partial charge >= 0.3 is 5.97 Å². The molecule has 2 atom stereocenters. The predicted molar refractivity (Wildman–Crippen MR) is 71.7 cm³/mol. The average Bonchev–Trinajstić information content (AvgIpc) is 2.71. The van der Waals surface area contributed by atoms with E-state index in [1.807, 2.05) is 19.1 Å². The van der Waals surface area contributed by atoms with Crippen LogP contribution in [0.5, 0.6) is 0 Å². The maximum absolute atomic E-state index is 11.5. The smallest absolute Gasteiger partial charge is 0.303 e. The minimum absolute atomic E-state index is 0.0519. The van der Waals surface area contributed by atoms with Crippen LogP contribution in [0.3, 0.4) is 0 Å². The van der Waals surface area contributed by atoms with E-state index in [1.165, 1.54) is 0 Å². The topological polar surface area (TPSA) is 94.8 Å². The lowest BCUT2D eigenvalue weighted by molar-refractivity contribution is -0.138. The first-order chi connectivity index (χ1) is 9.06. The molecule has 1 saturated carbocycles. The van der Waals surface area contributed by atoms with E-state index in [1.54, 1.807) is 0 Å². The first-order valence-corrected chi connectivity index (χ1v) is 6.68. The second kappa shape index (κ2) is 10.7. The van der Waals surface area contributed by atoms with E-state index in [9.17, 15) is 9.59 Å². The molecular formula is C14H24O5. The Morgan fingerprint density at radius 3 is 2.42 bits per heavy atom. The van der Waals surface area contributed by atoms with Gasteiger partial charge in [0.25, 0.3) is 0 Å². The molecule has 0 spiro atoms. The van der Waals surface area contributed by atoms with Crippen molar-refractivity contribution in [3.63, 3.8) is 0 Å². The predicted octanol–water partition coefficient (Wildman–Crippen LogP) is 1.38. The molecule has 0 aromatic rings. The van der Waals surface area contributed by atoms with Gasteiger partial charge in [-0.1, -0.05) is 19.1 Å². The number of aliphatic carboxylic acids is 1. The standard InChI is InChI=1S/C12H18O3.C2H6O2/c1-2-3-4-5-10-9(8-12(14)15)6-7-11(10)13;3-1-2-4/h3-4,9-10H,2,5-8H2,1H3,(H,14,15);3-4H,1-2H2/b4-3-;. The van der Waals surface area contributed by atoms with Gasteiger partial charge in [-0.15, -0.1) is 0 Å². The normalized spacial score (nSPS) is 22.4. The summed E-state index contributed by atoms with van der Waals surface area (Å²) in [5.41, 5.74) is 0. The van der Waals surface area contributed by atoms with Crippen molar-refractivity contribution in [1.82, 2.24) is 0 Å². The second-order valence-corrected chi connectivity index (χ2v) is 4.53.